The number of hydrogen-bond donors (Lipinski definition) is 2. The maximum atomic E-state index is 12.4. The van der Waals surface area contributed by atoms with Gasteiger partial charge in [0.25, 0.3) is 0 Å². The molecule has 6 nitrogen and oxygen atoms in total. The molecule has 0 atom stereocenters. The molecule has 1 saturated carbocycles. The molecule has 2 N–H and O–H groups in total. The fraction of sp³-hybridized carbons (Fsp3) is 0.556. The van der Waals surface area contributed by atoms with Gasteiger partial charge in [0.05, 0.1) is 16.6 Å². The Labute approximate surface area is 152 Å². The van der Waals surface area contributed by atoms with Crippen LogP contribution in [0, 0.1) is 5.92 Å². The van der Waals surface area contributed by atoms with E-state index in [0.29, 0.717) is 25.9 Å². The van der Waals surface area contributed by atoms with Crippen molar-refractivity contribution in [2.75, 3.05) is 31.1 Å². The Morgan fingerprint density at radius 1 is 1.04 bits per heavy atom. The summed E-state index contributed by atoms with van der Waals surface area (Å²) in [6, 6.07) is 7.80. The number of rotatable bonds is 3. The van der Waals surface area contributed by atoms with Crippen molar-refractivity contribution in [3.8, 4) is 0 Å². The van der Waals surface area contributed by atoms with Crippen molar-refractivity contribution in [1.82, 2.24) is 10.2 Å². The van der Waals surface area contributed by atoms with E-state index >= 15 is 0 Å². The molecule has 2 aliphatic rings. The Morgan fingerprint density at radius 3 is 2.28 bits per heavy atom. The van der Waals surface area contributed by atoms with Crippen molar-refractivity contribution in [1.29, 1.82) is 0 Å². The van der Waals surface area contributed by atoms with E-state index in [0.717, 1.165) is 36.6 Å². The summed E-state index contributed by atoms with van der Waals surface area (Å²) in [5.74, 6) is -0.979. The fourth-order valence-corrected chi connectivity index (χ4v) is 3.86. The van der Waals surface area contributed by atoms with Crippen LogP contribution in [-0.4, -0.2) is 54.2 Å². The highest BCUT2D eigenvalue weighted by atomic mass is 35.5. The molecule has 2 amide bonds. The standard InChI is InChI=1S/C18H24ClN3O3/c19-15-3-1-2-4-16(15)21-9-11-22(12-10-21)18(25)20-14-7-5-13(6-8-14)17(23)24/h1-4,13-14H,5-12H2,(H,20,25)(H,23,24). The number of carbonyl (C=O) groups excluding carboxylic acids is 1. The van der Waals surface area contributed by atoms with Crippen molar-refractivity contribution in [2.24, 2.45) is 5.92 Å². The van der Waals surface area contributed by atoms with E-state index in [2.05, 4.69) is 10.2 Å². The van der Waals surface area contributed by atoms with Gasteiger partial charge in [0.1, 0.15) is 0 Å². The first kappa shape index (κ1) is 17.9. The number of carboxylic acid groups (broad SMARTS) is 1. The maximum absolute atomic E-state index is 12.4. The van der Waals surface area contributed by atoms with Crippen LogP contribution in [0.4, 0.5) is 10.5 Å². The quantitative estimate of drug-likeness (QED) is 0.863. The van der Waals surface area contributed by atoms with Gasteiger partial charge in [-0.1, -0.05) is 23.7 Å². The largest absolute Gasteiger partial charge is 0.481 e. The fourth-order valence-electron chi connectivity index (χ4n) is 3.61. The molecule has 25 heavy (non-hydrogen) atoms. The van der Waals surface area contributed by atoms with Gasteiger partial charge in [0.15, 0.2) is 0 Å². The molecule has 1 saturated heterocycles. The van der Waals surface area contributed by atoms with Crippen LogP contribution < -0.4 is 10.2 Å². The first-order valence-corrected chi connectivity index (χ1v) is 9.20. The lowest BCUT2D eigenvalue weighted by Crippen LogP contribution is -2.54. The number of benzene rings is 1. The Hall–Kier alpha value is -1.95. The number of piperazine rings is 1. The van der Waals surface area contributed by atoms with Crippen LogP contribution in [0.1, 0.15) is 25.7 Å². The SMILES string of the molecule is O=C(O)C1CCC(NC(=O)N2CCN(c3ccccc3Cl)CC2)CC1. The number of amides is 2. The van der Waals surface area contributed by atoms with Crippen molar-refractivity contribution in [3.05, 3.63) is 29.3 Å². The molecule has 0 spiro atoms. The smallest absolute Gasteiger partial charge is 0.317 e. The zero-order valence-corrected chi connectivity index (χ0v) is 14.9. The lowest BCUT2D eigenvalue weighted by Gasteiger charge is -2.37. The minimum absolute atomic E-state index is 0.0439. The molecule has 1 aromatic carbocycles. The summed E-state index contributed by atoms with van der Waals surface area (Å²) < 4.78 is 0. The van der Waals surface area contributed by atoms with Gasteiger partial charge in [0.2, 0.25) is 0 Å². The van der Waals surface area contributed by atoms with Gasteiger partial charge in [0, 0.05) is 32.2 Å². The first-order chi connectivity index (χ1) is 12.0. The molecule has 0 radical (unpaired) electrons. The van der Waals surface area contributed by atoms with E-state index in [1.165, 1.54) is 0 Å². The van der Waals surface area contributed by atoms with Crippen LogP contribution in [0.3, 0.4) is 0 Å². The molecule has 0 unspecified atom stereocenters. The lowest BCUT2D eigenvalue weighted by molar-refractivity contribution is -0.142. The zero-order valence-electron chi connectivity index (χ0n) is 14.2. The van der Waals surface area contributed by atoms with Gasteiger partial charge in [-0.25, -0.2) is 4.79 Å². The Kier molecular flexibility index (Phi) is 5.68. The van der Waals surface area contributed by atoms with E-state index in [1.807, 2.05) is 29.2 Å². The molecule has 136 valence electrons. The summed E-state index contributed by atoms with van der Waals surface area (Å²) in [4.78, 5) is 27.5. The molecule has 7 heteroatoms. The molecular weight excluding hydrogens is 342 g/mol. The number of carboxylic acids is 1. The van der Waals surface area contributed by atoms with Crippen LogP contribution in [0.15, 0.2) is 24.3 Å². The van der Waals surface area contributed by atoms with E-state index < -0.39 is 5.97 Å². The molecule has 1 aromatic rings. The van der Waals surface area contributed by atoms with Crippen LogP contribution in [0.2, 0.25) is 5.02 Å². The van der Waals surface area contributed by atoms with E-state index in [9.17, 15) is 9.59 Å². The second-order valence-electron chi connectivity index (χ2n) is 6.76. The predicted octanol–water partition coefficient (Wildman–Crippen LogP) is 2.82. The minimum Gasteiger partial charge on any atom is -0.481 e. The molecule has 1 aliphatic carbocycles. The number of nitrogens with one attached hydrogen (secondary N) is 1. The minimum atomic E-state index is -0.722. The summed E-state index contributed by atoms with van der Waals surface area (Å²) >= 11 is 6.24. The molecule has 2 fully saturated rings. The van der Waals surface area contributed by atoms with Crippen LogP contribution in [0.5, 0.6) is 0 Å². The van der Waals surface area contributed by atoms with Gasteiger partial charge in [-0.2, -0.15) is 0 Å². The second-order valence-corrected chi connectivity index (χ2v) is 7.17. The van der Waals surface area contributed by atoms with Crippen LogP contribution in [0.25, 0.3) is 0 Å². The number of carbonyl (C=O) groups is 2. The summed E-state index contributed by atoms with van der Waals surface area (Å²) in [6.07, 6.45) is 2.76. The number of para-hydroxylation sites is 1. The number of aliphatic carboxylic acids is 1. The van der Waals surface area contributed by atoms with Gasteiger partial charge in [-0.05, 0) is 37.8 Å². The van der Waals surface area contributed by atoms with Crippen molar-refractivity contribution >= 4 is 29.3 Å². The Balaban J connectivity index is 1.46. The average Bonchev–Trinajstić information content (AvgIpc) is 2.63. The topological polar surface area (TPSA) is 72.9 Å². The normalized spacial score (nSPS) is 24.0. The predicted molar refractivity (Wildman–Crippen MR) is 97.2 cm³/mol. The van der Waals surface area contributed by atoms with Gasteiger partial charge >= 0.3 is 12.0 Å². The molecule has 0 aromatic heterocycles. The third-order valence-electron chi connectivity index (χ3n) is 5.16. The summed E-state index contributed by atoms with van der Waals surface area (Å²) in [5.41, 5.74) is 1.01. The van der Waals surface area contributed by atoms with E-state index in [1.54, 1.807) is 0 Å². The zero-order chi connectivity index (χ0) is 17.8. The number of anilines is 1. The monoisotopic (exact) mass is 365 g/mol. The molecule has 3 rings (SSSR count). The maximum Gasteiger partial charge on any atom is 0.317 e. The second kappa shape index (κ2) is 7.95. The summed E-state index contributed by atoms with van der Waals surface area (Å²) in [7, 11) is 0. The number of nitrogens with zero attached hydrogens (tertiary/aromatic N) is 2. The molecular formula is C18H24ClN3O3. The average molecular weight is 366 g/mol. The van der Waals surface area contributed by atoms with Crippen molar-refractivity contribution in [3.63, 3.8) is 0 Å². The number of hydrogen-bond acceptors (Lipinski definition) is 3. The third kappa shape index (κ3) is 4.37. The van der Waals surface area contributed by atoms with Gasteiger partial charge < -0.3 is 20.2 Å². The van der Waals surface area contributed by atoms with Crippen molar-refractivity contribution in [2.45, 2.75) is 31.7 Å². The number of halogens is 1. The van der Waals surface area contributed by atoms with E-state index in [4.69, 9.17) is 16.7 Å². The molecule has 1 aliphatic heterocycles. The first-order valence-electron chi connectivity index (χ1n) is 8.82. The van der Waals surface area contributed by atoms with E-state index in [-0.39, 0.29) is 18.0 Å². The molecule has 1 heterocycles. The third-order valence-corrected chi connectivity index (χ3v) is 5.48. The highest BCUT2D eigenvalue weighted by Gasteiger charge is 2.29. The van der Waals surface area contributed by atoms with Crippen LogP contribution >= 0.6 is 11.6 Å². The van der Waals surface area contributed by atoms with Gasteiger partial charge in [-0.3, -0.25) is 4.79 Å². The highest BCUT2D eigenvalue weighted by Crippen LogP contribution is 2.27. The highest BCUT2D eigenvalue weighted by molar-refractivity contribution is 6.33. The van der Waals surface area contributed by atoms with Crippen LogP contribution in [-0.2, 0) is 4.79 Å². The number of urea groups is 1. The summed E-state index contributed by atoms with van der Waals surface area (Å²) in [5, 5.41) is 12.8. The Morgan fingerprint density at radius 2 is 1.68 bits per heavy atom. The van der Waals surface area contributed by atoms with Gasteiger partial charge in [-0.15, -0.1) is 0 Å². The Bertz CT molecular complexity index is 624. The molecule has 0 bridgehead atoms. The lowest BCUT2D eigenvalue weighted by atomic mass is 9.86. The summed E-state index contributed by atoms with van der Waals surface area (Å²) in [6.45, 7) is 2.81. The van der Waals surface area contributed by atoms with Crippen molar-refractivity contribution < 1.29 is 14.7 Å².